The van der Waals surface area contributed by atoms with Crippen molar-refractivity contribution in [2.45, 2.75) is 26.9 Å². The van der Waals surface area contributed by atoms with E-state index in [9.17, 15) is 19.7 Å². The van der Waals surface area contributed by atoms with E-state index in [1.54, 1.807) is 50.4 Å². The van der Waals surface area contributed by atoms with Crippen LogP contribution in [0.3, 0.4) is 0 Å². The molecule has 3 aromatic rings. The van der Waals surface area contributed by atoms with Crippen LogP contribution in [-0.2, 0) is 13.7 Å². The number of ether oxygens (including phenoxy) is 1. The van der Waals surface area contributed by atoms with E-state index in [-0.39, 0.29) is 29.6 Å². The summed E-state index contributed by atoms with van der Waals surface area (Å²) in [5, 5.41) is 20.8. The number of hydrogen-bond donors (Lipinski definition) is 2. The number of anilines is 1. The Morgan fingerprint density at radius 2 is 1.97 bits per heavy atom. The van der Waals surface area contributed by atoms with Crippen molar-refractivity contribution >= 4 is 23.2 Å². The fourth-order valence-electron chi connectivity index (χ4n) is 3.17. The maximum absolute atomic E-state index is 12.8. The molecule has 10 heteroatoms. The van der Waals surface area contributed by atoms with Crippen LogP contribution in [0.1, 0.15) is 45.3 Å². The van der Waals surface area contributed by atoms with Gasteiger partial charge in [-0.2, -0.15) is 5.10 Å². The average molecular weight is 451 g/mol. The molecular weight excluding hydrogens is 426 g/mol. The summed E-state index contributed by atoms with van der Waals surface area (Å²) in [6.45, 7) is 4.26. The molecule has 1 aromatic heterocycles. The molecule has 2 aromatic carbocycles. The number of rotatable bonds is 9. The summed E-state index contributed by atoms with van der Waals surface area (Å²) in [5.41, 5.74) is 2.19. The molecule has 10 nitrogen and oxygen atoms in total. The Morgan fingerprint density at radius 1 is 1.18 bits per heavy atom. The molecule has 2 amide bonds. The standard InChI is InChI=1S/C23H25N5O5/c1-4-10-24-23(30)21-18(13-25-27(21)3)26-22(29)17-7-5-6-16(12-17)14-33-20-9-8-15(2)11-19(20)28(31)32/h5-9,11-13H,4,10,14H2,1-3H3,(H,24,30)(H,26,29). The van der Waals surface area contributed by atoms with Gasteiger partial charge in [0.2, 0.25) is 0 Å². The number of nitrogens with one attached hydrogen (secondary N) is 2. The van der Waals surface area contributed by atoms with E-state index in [1.165, 1.54) is 16.9 Å². The van der Waals surface area contributed by atoms with Gasteiger partial charge < -0.3 is 15.4 Å². The van der Waals surface area contributed by atoms with Crippen LogP contribution in [-0.4, -0.2) is 33.1 Å². The Hall–Kier alpha value is -4.21. The van der Waals surface area contributed by atoms with Crippen molar-refractivity contribution in [3.05, 3.63) is 81.2 Å². The van der Waals surface area contributed by atoms with Gasteiger partial charge in [0.25, 0.3) is 11.8 Å². The number of aromatic nitrogens is 2. The number of nitro benzene ring substituents is 1. The minimum Gasteiger partial charge on any atom is -0.482 e. The second kappa shape index (κ2) is 10.4. The lowest BCUT2D eigenvalue weighted by molar-refractivity contribution is -0.386. The molecule has 0 atom stereocenters. The highest BCUT2D eigenvalue weighted by Gasteiger charge is 2.19. The van der Waals surface area contributed by atoms with Gasteiger partial charge >= 0.3 is 5.69 Å². The van der Waals surface area contributed by atoms with Crippen molar-refractivity contribution in [2.75, 3.05) is 11.9 Å². The summed E-state index contributed by atoms with van der Waals surface area (Å²) in [5.74, 6) is -0.594. The normalized spacial score (nSPS) is 10.5. The zero-order chi connectivity index (χ0) is 24.0. The van der Waals surface area contributed by atoms with Gasteiger partial charge in [-0.15, -0.1) is 0 Å². The van der Waals surface area contributed by atoms with Crippen LogP contribution in [0.2, 0.25) is 0 Å². The van der Waals surface area contributed by atoms with Gasteiger partial charge in [-0.1, -0.05) is 25.1 Å². The molecule has 0 bridgehead atoms. The summed E-state index contributed by atoms with van der Waals surface area (Å²) in [6.07, 6.45) is 2.20. The monoisotopic (exact) mass is 451 g/mol. The van der Waals surface area contributed by atoms with E-state index in [2.05, 4.69) is 15.7 Å². The number of nitrogens with zero attached hydrogens (tertiary/aromatic N) is 3. The van der Waals surface area contributed by atoms with Crippen LogP contribution >= 0.6 is 0 Å². The Labute approximate surface area is 190 Å². The van der Waals surface area contributed by atoms with Crippen LogP contribution in [0.5, 0.6) is 5.75 Å². The largest absolute Gasteiger partial charge is 0.482 e. The second-order valence-corrected chi connectivity index (χ2v) is 7.46. The number of benzene rings is 2. The first kappa shape index (κ1) is 23.5. The highest BCUT2D eigenvalue weighted by atomic mass is 16.6. The van der Waals surface area contributed by atoms with Crippen LogP contribution in [0, 0.1) is 17.0 Å². The van der Waals surface area contributed by atoms with E-state index in [1.807, 2.05) is 6.92 Å². The highest BCUT2D eigenvalue weighted by molar-refractivity contribution is 6.08. The third kappa shape index (κ3) is 5.73. The van der Waals surface area contributed by atoms with Crippen LogP contribution in [0.4, 0.5) is 11.4 Å². The third-order valence-electron chi connectivity index (χ3n) is 4.83. The molecular formula is C23H25N5O5. The van der Waals surface area contributed by atoms with E-state index in [0.29, 0.717) is 23.4 Å². The molecule has 0 unspecified atom stereocenters. The number of aryl methyl sites for hydroxylation is 2. The van der Waals surface area contributed by atoms with Crippen LogP contribution < -0.4 is 15.4 Å². The Balaban J connectivity index is 1.73. The number of carbonyl (C=O) groups is 2. The summed E-state index contributed by atoms with van der Waals surface area (Å²) < 4.78 is 7.05. The quantitative estimate of drug-likeness (QED) is 0.378. The van der Waals surface area contributed by atoms with E-state index >= 15 is 0 Å². The molecule has 172 valence electrons. The Kier molecular flexibility index (Phi) is 7.39. The van der Waals surface area contributed by atoms with Crippen LogP contribution in [0.25, 0.3) is 0 Å². The van der Waals surface area contributed by atoms with Gasteiger partial charge in [0.1, 0.15) is 12.3 Å². The van der Waals surface area contributed by atoms with Gasteiger partial charge in [0.05, 0.1) is 16.8 Å². The Bertz CT molecular complexity index is 1190. The number of carbonyl (C=O) groups excluding carboxylic acids is 2. The average Bonchev–Trinajstić information content (AvgIpc) is 3.16. The van der Waals surface area contributed by atoms with Gasteiger partial charge in [-0.3, -0.25) is 24.4 Å². The van der Waals surface area contributed by atoms with Gasteiger partial charge in [0.15, 0.2) is 5.75 Å². The summed E-state index contributed by atoms with van der Waals surface area (Å²) >= 11 is 0. The van der Waals surface area contributed by atoms with Gasteiger partial charge in [-0.05, 0) is 42.7 Å². The molecule has 2 N–H and O–H groups in total. The second-order valence-electron chi connectivity index (χ2n) is 7.46. The molecule has 0 aliphatic heterocycles. The lowest BCUT2D eigenvalue weighted by atomic mass is 10.1. The topological polar surface area (TPSA) is 128 Å². The van der Waals surface area contributed by atoms with Crippen molar-refractivity contribution in [3.63, 3.8) is 0 Å². The molecule has 33 heavy (non-hydrogen) atoms. The van der Waals surface area contributed by atoms with Crippen molar-refractivity contribution in [1.82, 2.24) is 15.1 Å². The molecule has 0 saturated heterocycles. The zero-order valence-corrected chi connectivity index (χ0v) is 18.6. The predicted molar refractivity (Wildman–Crippen MR) is 122 cm³/mol. The summed E-state index contributed by atoms with van der Waals surface area (Å²) in [7, 11) is 1.62. The van der Waals surface area contributed by atoms with Crippen molar-refractivity contribution < 1.29 is 19.2 Å². The fraction of sp³-hybridized carbons (Fsp3) is 0.261. The number of nitro groups is 1. The fourth-order valence-corrected chi connectivity index (χ4v) is 3.17. The smallest absolute Gasteiger partial charge is 0.311 e. The Morgan fingerprint density at radius 3 is 2.70 bits per heavy atom. The molecule has 0 radical (unpaired) electrons. The first-order valence-corrected chi connectivity index (χ1v) is 10.4. The zero-order valence-electron chi connectivity index (χ0n) is 18.6. The van der Waals surface area contributed by atoms with E-state index < -0.39 is 10.8 Å². The van der Waals surface area contributed by atoms with E-state index in [4.69, 9.17) is 4.74 Å². The lowest BCUT2D eigenvalue weighted by Crippen LogP contribution is -2.27. The highest BCUT2D eigenvalue weighted by Crippen LogP contribution is 2.28. The lowest BCUT2D eigenvalue weighted by Gasteiger charge is -2.10. The molecule has 1 heterocycles. The van der Waals surface area contributed by atoms with Gasteiger partial charge in [0, 0.05) is 25.2 Å². The maximum atomic E-state index is 12.8. The van der Waals surface area contributed by atoms with Gasteiger partial charge in [-0.25, -0.2) is 0 Å². The van der Waals surface area contributed by atoms with Crippen molar-refractivity contribution in [1.29, 1.82) is 0 Å². The summed E-state index contributed by atoms with van der Waals surface area (Å²) in [6, 6.07) is 11.4. The minimum absolute atomic E-state index is 0.0442. The molecule has 0 spiro atoms. The van der Waals surface area contributed by atoms with Crippen molar-refractivity contribution in [2.24, 2.45) is 7.05 Å². The number of amides is 2. The SMILES string of the molecule is CCCNC(=O)c1c(NC(=O)c2cccc(COc3ccc(C)cc3[N+](=O)[O-])c2)cnn1C. The third-order valence-corrected chi connectivity index (χ3v) is 4.83. The maximum Gasteiger partial charge on any atom is 0.311 e. The number of hydrogen-bond acceptors (Lipinski definition) is 6. The van der Waals surface area contributed by atoms with Crippen LogP contribution in [0.15, 0.2) is 48.7 Å². The molecule has 0 aliphatic rings. The molecule has 0 saturated carbocycles. The summed E-state index contributed by atoms with van der Waals surface area (Å²) in [4.78, 5) is 36.0. The molecule has 3 rings (SSSR count). The van der Waals surface area contributed by atoms with E-state index in [0.717, 1.165) is 12.0 Å². The van der Waals surface area contributed by atoms with Crippen molar-refractivity contribution in [3.8, 4) is 5.75 Å². The predicted octanol–water partition coefficient (Wildman–Crippen LogP) is 3.61. The minimum atomic E-state index is -0.492. The first-order valence-electron chi connectivity index (χ1n) is 10.4. The molecule has 0 fully saturated rings. The first-order chi connectivity index (χ1) is 15.8. The molecule has 0 aliphatic carbocycles.